The Labute approximate surface area is 318 Å². The second-order valence-electron chi connectivity index (χ2n) is 12.7. The first kappa shape index (κ1) is 40.6. The average molecular weight is 852 g/mol. The van der Waals surface area contributed by atoms with E-state index in [2.05, 4.69) is 29.9 Å². The topological polar surface area (TPSA) is 278 Å². The minimum atomic E-state index is -4.74. The number of carbonyl (C=O) groups excluding carboxylic acids is 1. The predicted molar refractivity (Wildman–Crippen MR) is 188 cm³/mol. The highest BCUT2D eigenvalue weighted by molar-refractivity contribution is 8.55. The van der Waals surface area contributed by atoms with Crippen LogP contribution in [0.15, 0.2) is 30.1 Å². The normalized spacial score (nSPS) is 32.6. The van der Waals surface area contributed by atoms with E-state index in [1.165, 1.54) is 10.9 Å². The molecule has 3 unspecified atom stereocenters. The van der Waals surface area contributed by atoms with E-state index in [4.69, 9.17) is 43.0 Å². The van der Waals surface area contributed by atoms with Crippen LogP contribution >= 0.6 is 25.8 Å². The minimum Gasteiger partial charge on any atom is -0.434 e. The number of unbranched alkanes of at least 4 members (excludes halogenated alkanes) is 3. The first-order valence-corrected chi connectivity index (χ1v) is 22.1. The summed E-state index contributed by atoms with van der Waals surface area (Å²) in [6, 6.07) is 0. The van der Waals surface area contributed by atoms with Gasteiger partial charge in [-0.25, -0.2) is 43.1 Å². The van der Waals surface area contributed by atoms with Gasteiger partial charge in [0.05, 0.1) is 38.8 Å². The van der Waals surface area contributed by atoms with Crippen molar-refractivity contribution in [3.63, 3.8) is 0 Å². The maximum absolute atomic E-state index is 16.4. The van der Waals surface area contributed by atoms with Gasteiger partial charge in [0, 0.05) is 11.4 Å². The minimum absolute atomic E-state index is 0.00505. The fraction of sp³-hybridized carbons (Fsp3) is 0.621. The SMILES string of the molecule is CCCCCCOC(=O)OCSP1(=O)OCC2O[C@@H](n3cnc4c(N)ncnc43)[C@H](F)[C@@H]2OCP(=O)(O)OC[C@H]2O[C@@H](n3cnc4c(=O)[nH]cnc43)[C@H](O1)[C@@H]2F. The molecule has 3 saturated heterocycles. The van der Waals surface area contributed by atoms with Crippen LogP contribution in [0.5, 0.6) is 0 Å². The molecule has 0 aromatic carbocycles. The van der Waals surface area contributed by atoms with E-state index in [-0.39, 0.29) is 34.8 Å². The van der Waals surface area contributed by atoms with Gasteiger partial charge in [0.15, 0.2) is 53.4 Å². The smallest absolute Gasteiger partial charge is 0.434 e. The fourth-order valence-corrected chi connectivity index (χ4v) is 9.78. The van der Waals surface area contributed by atoms with Crippen LogP contribution in [0.4, 0.5) is 19.4 Å². The van der Waals surface area contributed by atoms with Crippen LogP contribution in [-0.2, 0) is 46.4 Å². The Morgan fingerprint density at radius 1 is 0.964 bits per heavy atom. The van der Waals surface area contributed by atoms with Gasteiger partial charge in [-0.1, -0.05) is 26.2 Å². The highest BCUT2D eigenvalue weighted by Crippen LogP contribution is 2.64. The van der Waals surface area contributed by atoms with E-state index in [0.717, 1.165) is 42.8 Å². The van der Waals surface area contributed by atoms with Crippen LogP contribution in [0.2, 0.25) is 0 Å². The Kier molecular flexibility index (Phi) is 12.4. The number of nitrogens with zero attached hydrogens (tertiary/aromatic N) is 7. The number of H-pyrrole nitrogens is 1. The quantitative estimate of drug-likeness (QED) is 0.0891. The van der Waals surface area contributed by atoms with Crippen molar-refractivity contribution < 1.29 is 64.9 Å². The molecule has 10 atom stereocenters. The van der Waals surface area contributed by atoms with Crippen LogP contribution in [0, 0.1) is 0 Å². The number of anilines is 1. The van der Waals surface area contributed by atoms with Gasteiger partial charge in [-0.05, 0) is 6.42 Å². The molecular formula is C29H37F2N9O13P2S. The molecule has 0 saturated carbocycles. The third-order valence-electron chi connectivity index (χ3n) is 8.96. The third kappa shape index (κ3) is 8.61. The summed E-state index contributed by atoms with van der Waals surface area (Å²) in [4.78, 5) is 58.0. The van der Waals surface area contributed by atoms with Crippen molar-refractivity contribution in [3.8, 4) is 0 Å². The molecule has 306 valence electrons. The van der Waals surface area contributed by atoms with E-state index in [1.54, 1.807) is 0 Å². The number of nitrogen functional groups attached to an aromatic ring is 1. The Balaban J connectivity index is 1.18. The molecule has 27 heteroatoms. The third-order valence-corrected chi connectivity index (χ3v) is 13.3. The lowest BCUT2D eigenvalue weighted by molar-refractivity contribution is -0.0551. The van der Waals surface area contributed by atoms with Gasteiger partial charge >= 0.3 is 20.5 Å². The zero-order valence-corrected chi connectivity index (χ0v) is 32.0. The summed E-state index contributed by atoms with van der Waals surface area (Å²) in [6.45, 7) is -4.26. The number of aromatic nitrogens is 8. The zero-order valence-electron chi connectivity index (χ0n) is 29.4. The largest absolute Gasteiger partial charge is 0.509 e. The molecule has 4 aromatic heterocycles. The second kappa shape index (κ2) is 17.1. The molecule has 22 nitrogen and oxygen atoms in total. The van der Waals surface area contributed by atoms with Gasteiger partial charge in [0.25, 0.3) is 5.56 Å². The lowest BCUT2D eigenvalue weighted by Gasteiger charge is -2.27. The molecule has 0 amide bonds. The number of rotatable bonds is 10. The number of aromatic amines is 1. The van der Waals surface area contributed by atoms with E-state index in [0.29, 0.717) is 17.8 Å². The maximum Gasteiger partial charge on any atom is 0.509 e. The summed E-state index contributed by atoms with van der Waals surface area (Å²) in [5, 5.41) is 0. The van der Waals surface area contributed by atoms with Crippen molar-refractivity contribution in [2.24, 2.45) is 0 Å². The molecule has 2 bridgehead atoms. The number of halogens is 2. The van der Waals surface area contributed by atoms with Crippen LogP contribution in [-0.4, -0.2) is 119 Å². The standard InChI is InChI=1S/C29H37F2N9O13P2S/c1-2-3-4-5-6-46-29(42)48-14-56-55(45)50-8-16-21(18(31)27(52-16)39-11-37-19-23(32)33-9-34-24(19)39)47-13-54(43,44)49-7-15-17(30)22(53-55)28(51-15)40-12-38-20-25(40)35-10-36-26(20)41/h9-12,15-18,21-22,27-28H,2-8,13-14H2,1H3,(H,43,44)(H2,32,33,34)(H,35,36,41)/t15-,16?,17-,18-,21-,22-,27-,28-,55?/m1/s1. The monoisotopic (exact) mass is 851 g/mol. The van der Waals surface area contributed by atoms with Gasteiger partial charge in [-0.3, -0.25) is 27.5 Å². The number of alkyl halides is 2. The summed E-state index contributed by atoms with van der Waals surface area (Å²) in [5.41, 5.74) is 5.27. The van der Waals surface area contributed by atoms with E-state index >= 15 is 8.78 Å². The van der Waals surface area contributed by atoms with Crippen LogP contribution < -0.4 is 11.3 Å². The summed E-state index contributed by atoms with van der Waals surface area (Å²) < 4.78 is 107. The Morgan fingerprint density at radius 3 is 2.50 bits per heavy atom. The summed E-state index contributed by atoms with van der Waals surface area (Å²) >= 11 is 0.336. The number of carbonyl (C=O) groups is 1. The first-order chi connectivity index (χ1) is 26.9. The highest BCUT2D eigenvalue weighted by Gasteiger charge is 2.54. The molecule has 0 spiro atoms. The van der Waals surface area contributed by atoms with Crippen LogP contribution in [0.25, 0.3) is 22.3 Å². The maximum atomic E-state index is 16.4. The number of nitrogens with two attached hydrogens (primary N) is 1. The molecule has 3 fully saturated rings. The number of fused-ring (bicyclic) bond motifs is 5. The molecule has 3 aliphatic heterocycles. The van der Waals surface area contributed by atoms with Crippen LogP contribution in [0.1, 0.15) is 45.1 Å². The molecule has 7 rings (SSSR count). The van der Waals surface area contributed by atoms with E-state index in [9.17, 15) is 23.6 Å². The predicted octanol–water partition coefficient (Wildman–Crippen LogP) is 3.51. The van der Waals surface area contributed by atoms with Crippen molar-refractivity contribution >= 4 is 60.1 Å². The zero-order chi connectivity index (χ0) is 39.6. The van der Waals surface area contributed by atoms with Gasteiger partial charge in [0.1, 0.15) is 42.6 Å². The van der Waals surface area contributed by atoms with Crippen molar-refractivity contribution in [2.75, 3.05) is 37.8 Å². The van der Waals surface area contributed by atoms with Crippen molar-refractivity contribution in [3.05, 3.63) is 35.7 Å². The van der Waals surface area contributed by atoms with E-state index in [1.807, 2.05) is 6.92 Å². The van der Waals surface area contributed by atoms with Crippen molar-refractivity contribution in [1.29, 1.82) is 0 Å². The van der Waals surface area contributed by atoms with Gasteiger partial charge in [-0.2, -0.15) is 0 Å². The number of hydrogen-bond donors (Lipinski definition) is 3. The summed E-state index contributed by atoms with van der Waals surface area (Å²) in [7, 11) is -4.74. The Morgan fingerprint density at radius 2 is 1.70 bits per heavy atom. The van der Waals surface area contributed by atoms with Crippen LogP contribution in [0.3, 0.4) is 0 Å². The van der Waals surface area contributed by atoms with Gasteiger partial charge in [0.2, 0.25) is 0 Å². The second-order valence-corrected chi connectivity index (χ2v) is 18.5. The molecule has 0 aliphatic carbocycles. The van der Waals surface area contributed by atoms with Crippen molar-refractivity contribution in [1.82, 2.24) is 39.0 Å². The van der Waals surface area contributed by atoms with Gasteiger partial charge in [-0.15, -0.1) is 0 Å². The molecule has 3 aliphatic rings. The number of nitrogens with one attached hydrogen (secondary N) is 1. The Hall–Kier alpha value is -3.64. The molecule has 56 heavy (non-hydrogen) atoms. The van der Waals surface area contributed by atoms with Gasteiger partial charge < -0.3 is 43.8 Å². The van der Waals surface area contributed by atoms with E-state index < -0.39 is 101 Å². The highest BCUT2D eigenvalue weighted by atomic mass is 32.7. The summed E-state index contributed by atoms with van der Waals surface area (Å²) in [6.07, 6.45) is -8.34. The lowest BCUT2D eigenvalue weighted by atomic mass is 10.1. The number of imidazole rings is 2. The molecule has 4 aromatic rings. The Bertz CT molecular complexity index is 2180. The average Bonchev–Trinajstić information content (AvgIpc) is 3.93. The molecule has 0 radical (unpaired) electrons. The summed E-state index contributed by atoms with van der Waals surface area (Å²) in [5.74, 6) is -0.668. The first-order valence-electron chi connectivity index (χ1n) is 17.3. The molecule has 4 N–H and O–H groups in total. The number of ether oxygens (including phenoxy) is 5. The number of hydrogen-bond acceptors (Lipinski definition) is 19. The molecular weight excluding hydrogens is 814 g/mol. The molecule has 7 heterocycles. The van der Waals surface area contributed by atoms with Crippen molar-refractivity contribution in [2.45, 2.75) is 81.8 Å². The lowest BCUT2D eigenvalue weighted by Crippen LogP contribution is -2.36. The fourth-order valence-electron chi connectivity index (χ4n) is 6.21.